The fraction of sp³-hybridized carbons (Fsp3) is 0.611. The summed E-state index contributed by atoms with van der Waals surface area (Å²) in [6.07, 6.45) is 6.02. The zero-order valence-electron chi connectivity index (χ0n) is 13.8. The van der Waals surface area contributed by atoms with Crippen LogP contribution in [0.2, 0.25) is 0 Å². The van der Waals surface area contributed by atoms with Gasteiger partial charge >= 0.3 is 0 Å². The molecule has 122 valence electrons. The third-order valence-corrected chi connectivity index (χ3v) is 4.48. The third kappa shape index (κ3) is 4.82. The summed E-state index contributed by atoms with van der Waals surface area (Å²) < 4.78 is 0. The van der Waals surface area contributed by atoms with E-state index < -0.39 is 0 Å². The minimum absolute atomic E-state index is 0.00553. The highest BCUT2D eigenvalue weighted by atomic mass is 16.3. The molecule has 1 amide bonds. The number of amides is 1. The molecule has 4 heteroatoms. The Hall–Kier alpha value is -1.39. The number of nitrogens with one attached hydrogen (secondary N) is 1. The van der Waals surface area contributed by atoms with Crippen LogP contribution in [-0.4, -0.2) is 41.7 Å². The van der Waals surface area contributed by atoms with Crippen LogP contribution >= 0.6 is 0 Å². The molecule has 1 aromatic rings. The van der Waals surface area contributed by atoms with Gasteiger partial charge in [0, 0.05) is 18.3 Å². The summed E-state index contributed by atoms with van der Waals surface area (Å²) in [6, 6.07) is 6.47. The van der Waals surface area contributed by atoms with E-state index in [0.29, 0.717) is 19.1 Å². The molecular weight excluding hydrogens is 276 g/mol. The van der Waals surface area contributed by atoms with Gasteiger partial charge in [-0.2, -0.15) is 0 Å². The number of hydrogen-bond donors (Lipinski definition) is 2. The van der Waals surface area contributed by atoms with Crippen LogP contribution in [-0.2, 0) is 4.79 Å². The molecule has 1 aromatic carbocycles. The number of hydrogen-bond acceptors (Lipinski definition) is 3. The number of aliphatic hydroxyl groups excluding tert-OH is 1. The van der Waals surface area contributed by atoms with E-state index in [4.69, 9.17) is 0 Å². The van der Waals surface area contributed by atoms with E-state index >= 15 is 0 Å². The fourth-order valence-electron chi connectivity index (χ4n) is 3.29. The molecule has 0 radical (unpaired) electrons. The first-order valence-electron chi connectivity index (χ1n) is 8.32. The molecule has 0 saturated heterocycles. The van der Waals surface area contributed by atoms with Crippen LogP contribution in [0.3, 0.4) is 0 Å². The molecular formula is C18H28N2O2. The monoisotopic (exact) mass is 304 g/mol. The van der Waals surface area contributed by atoms with Gasteiger partial charge in [-0.15, -0.1) is 0 Å². The number of benzene rings is 1. The number of carbonyl (C=O) groups excluding carboxylic acids is 1. The lowest BCUT2D eigenvalue weighted by Crippen LogP contribution is -2.43. The second-order valence-corrected chi connectivity index (χ2v) is 6.35. The lowest BCUT2D eigenvalue weighted by Gasteiger charge is -2.33. The van der Waals surface area contributed by atoms with E-state index in [1.807, 2.05) is 26.0 Å². The molecule has 0 atom stereocenters. The molecule has 1 fully saturated rings. The maximum Gasteiger partial charge on any atom is 0.238 e. The van der Waals surface area contributed by atoms with E-state index in [1.165, 1.54) is 24.8 Å². The van der Waals surface area contributed by atoms with Gasteiger partial charge in [-0.1, -0.05) is 37.0 Å². The summed E-state index contributed by atoms with van der Waals surface area (Å²) >= 11 is 0. The zero-order valence-corrected chi connectivity index (χ0v) is 13.8. The molecule has 2 N–H and O–H groups in total. The van der Waals surface area contributed by atoms with Crippen LogP contribution in [0.4, 0.5) is 5.69 Å². The third-order valence-electron chi connectivity index (χ3n) is 4.48. The van der Waals surface area contributed by atoms with Crippen molar-refractivity contribution in [3.63, 3.8) is 0 Å². The van der Waals surface area contributed by atoms with Gasteiger partial charge in [0.15, 0.2) is 0 Å². The Morgan fingerprint density at radius 1 is 1.27 bits per heavy atom. The highest BCUT2D eigenvalue weighted by molar-refractivity contribution is 5.93. The van der Waals surface area contributed by atoms with Gasteiger partial charge in [-0.25, -0.2) is 0 Å². The van der Waals surface area contributed by atoms with Crippen LogP contribution < -0.4 is 5.32 Å². The van der Waals surface area contributed by atoms with Crippen molar-refractivity contribution < 1.29 is 9.90 Å². The molecule has 1 aliphatic carbocycles. The SMILES string of the molecule is Cc1ccc(NC(=O)CN(CCO)C2CCCCC2)c(C)c1. The average molecular weight is 304 g/mol. The molecule has 0 aromatic heterocycles. The number of carbonyl (C=O) groups is 1. The number of rotatable bonds is 6. The standard InChI is InChI=1S/C18H28N2O2/c1-14-8-9-17(15(2)12-14)19-18(22)13-20(10-11-21)16-6-4-3-5-7-16/h8-9,12,16,21H,3-7,10-11,13H2,1-2H3,(H,19,22). The van der Waals surface area contributed by atoms with Crippen molar-refractivity contribution in [3.8, 4) is 0 Å². The molecule has 1 aliphatic rings. The number of nitrogens with zero attached hydrogens (tertiary/aromatic N) is 1. The minimum atomic E-state index is 0.00553. The van der Waals surface area contributed by atoms with Gasteiger partial charge < -0.3 is 10.4 Å². The fourth-order valence-corrected chi connectivity index (χ4v) is 3.29. The molecule has 0 spiro atoms. The van der Waals surface area contributed by atoms with E-state index in [9.17, 15) is 9.90 Å². The van der Waals surface area contributed by atoms with Crippen molar-refractivity contribution >= 4 is 11.6 Å². The van der Waals surface area contributed by atoms with Gasteiger partial charge in [-0.05, 0) is 38.3 Å². The Morgan fingerprint density at radius 2 is 2.00 bits per heavy atom. The zero-order chi connectivity index (χ0) is 15.9. The predicted octanol–water partition coefficient (Wildman–Crippen LogP) is 2.87. The maximum absolute atomic E-state index is 12.3. The number of aryl methyl sites for hydroxylation is 2. The van der Waals surface area contributed by atoms with Gasteiger partial charge in [0.25, 0.3) is 0 Å². The smallest absolute Gasteiger partial charge is 0.238 e. The summed E-state index contributed by atoms with van der Waals surface area (Å²) in [5.74, 6) is 0.00553. The molecule has 0 bridgehead atoms. The summed E-state index contributed by atoms with van der Waals surface area (Å²) in [4.78, 5) is 14.5. The van der Waals surface area contributed by atoms with E-state index in [1.54, 1.807) is 0 Å². The largest absolute Gasteiger partial charge is 0.395 e. The number of aliphatic hydroxyl groups is 1. The highest BCUT2D eigenvalue weighted by Crippen LogP contribution is 2.22. The molecule has 0 unspecified atom stereocenters. The summed E-state index contributed by atoms with van der Waals surface area (Å²) in [5, 5.41) is 12.3. The first-order valence-corrected chi connectivity index (χ1v) is 8.32. The second kappa shape index (κ2) is 8.30. The van der Waals surface area contributed by atoms with Gasteiger partial charge in [0.1, 0.15) is 0 Å². The Kier molecular flexibility index (Phi) is 6.40. The van der Waals surface area contributed by atoms with Crippen molar-refractivity contribution in [2.24, 2.45) is 0 Å². The van der Waals surface area contributed by atoms with Crippen LogP contribution in [0.1, 0.15) is 43.2 Å². The van der Waals surface area contributed by atoms with Crippen LogP contribution in [0.15, 0.2) is 18.2 Å². The average Bonchev–Trinajstić information content (AvgIpc) is 2.50. The molecule has 0 heterocycles. The van der Waals surface area contributed by atoms with Gasteiger partial charge in [0.05, 0.1) is 13.2 Å². The lowest BCUT2D eigenvalue weighted by atomic mass is 9.94. The Balaban J connectivity index is 1.95. The van der Waals surface area contributed by atoms with Gasteiger partial charge in [-0.3, -0.25) is 9.69 Å². The van der Waals surface area contributed by atoms with Crippen molar-refractivity contribution in [3.05, 3.63) is 29.3 Å². The summed E-state index contributed by atoms with van der Waals surface area (Å²) in [7, 11) is 0. The Morgan fingerprint density at radius 3 is 2.64 bits per heavy atom. The molecule has 0 aliphatic heterocycles. The van der Waals surface area contributed by atoms with Crippen molar-refractivity contribution in [1.29, 1.82) is 0 Å². The normalized spacial score (nSPS) is 16.0. The maximum atomic E-state index is 12.3. The Labute approximate surface area is 133 Å². The van der Waals surface area contributed by atoms with E-state index in [-0.39, 0.29) is 12.5 Å². The first kappa shape index (κ1) is 17.0. The van der Waals surface area contributed by atoms with Crippen LogP contribution in [0, 0.1) is 13.8 Å². The number of anilines is 1. The first-order chi connectivity index (χ1) is 10.6. The predicted molar refractivity (Wildman–Crippen MR) is 90.1 cm³/mol. The van der Waals surface area contributed by atoms with E-state index in [0.717, 1.165) is 24.1 Å². The minimum Gasteiger partial charge on any atom is -0.395 e. The second-order valence-electron chi connectivity index (χ2n) is 6.35. The summed E-state index contributed by atoms with van der Waals surface area (Å²) in [6.45, 7) is 5.09. The summed E-state index contributed by atoms with van der Waals surface area (Å²) in [5.41, 5.74) is 3.16. The molecule has 2 rings (SSSR count). The molecule has 22 heavy (non-hydrogen) atoms. The van der Waals surface area contributed by atoms with Crippen molar-refractivity contribution in [1.82, 2.24) is 4.90 Å². The van der Waals surface area contributed by atoms with Gasteiger partial charge in [0.2, 0.25) is 5.91 Å². The molecule has 4 nitrogen and oxygen atoms in total. The highest BCUT2D eigenvalue weighted by Gasteiger charge is 2.22. The van der Waals surface area contributed by atoms with Crippen LogP contribution in [0.25, 0.3) is 0 Å². The van der Waals surface area contributed by atoms with E-state index in [2.05, 4.69) is 16.3 Å². The van der Waals surface area contributed by atoms with Crippen molar-refractivity contribution in [2.45, 2.75) is 52.0 Å². The Bertz CT molecular complexity index is 496. The quantitative estimate of drug-likeness (QED) is 0.849. The van der Waals surface area contributed by atoms with Crippen LogP contribution in [0.5, 0.6) is 0 Å². The van der Waals surface area contributed by atoms with Crippen molar-refractivity contribution in [2.75, 3.05) is 25.0 Å². The lowest BCUT2D eigenvalue weighted by molar-refractivity contribution is -0.118. The molecule has 1 saturated carbocycles. The topological polar surface area (TPSA) is 52.6 Å².